The number of anilines is 1. The Morgan fingerprint density at radius 2 is 1.58 bits per heavy atom. The van der Waals surface area contributed by atoms with Crippen LogP contribution in [-0.2, 0) is 6.54 Å². The third-order valence-electron chi connectivity index (χ3n) is 4.59. The zero-order chi connectivity index (χ0) is 18.5. The van der Waals surface area contributed by atoms with Gasteiger partial charge in [-0.2, -0.15) is 0 Å². The third kappa shape index (κ3) is 4.22. The first-order chi connectivity index (χ1) is 12.6. The lowest BCUT2D eigenvalue weighted by atomic mass is 10.1. The third-order valence-corrected chi connectivity index (χ3v) is 5.06. The van der Waals surface area contributed by atoms with Crippen molar-refractivity contribution in [3.8, 4) is 17.2 Å². The van der Waals surface area contributed by atoms with Crippen molar-refractivity contribution in [2.45, 2.75) is 6.54 Å². The molecule has 26 heavy (non-hydrogen) atoms. The molecule has 1 aromatic heterocycles. The van der Waals surface area contributed by atoms with E-state index in [1.54, 1.807) is 21.3 Å². The highest BCUT2D eigenvalue weighted by molar-refractivity contribution is 9.10. The normalized spacial score (nSPS) is 15.0. The van der Waals surface area contributed by atoms with Crippen molar-refractivity contribution in [1.82, 2.24) is 9.88 Å². The van der Waals surface area contributed by atoms with Gasteiger partial charge in [0, 0.05) is 55.0 Å². The van der Waals surface area contributed by atoms with Crippen molar-refractivity contribution in [1.29, 1.82) is 0 Å². The van der Waals surface area contributed by atoms with Crippen LogP contribution in [0.25, 0.3) is 0 Å². The number of hydrogen-bond donors (Lipinski definition) is 0. The standard InChI is InChI=1S/C19H24BrN3O3/c1-24-16-11-18(26-3)17(25-2)10-14(16)13-22-6-8-23(9-7-22)19-5-4-15(20)12-21-19/h4-5,10-12H,6-9,13H2,1-3H3. The molecule has 3 rings (SSSR count). The van der Waals surface area contributed by atoms with Crippen molar-refractivity contribution in [3.05, 3.63) is 40.5 Å². The minimum atomic E-state index is 0.680. The van der Waals surface area contributed by atoms with Gasteiger partial charge in [-0.15, -0.1) is 0 Å². The van der Waals surface area contributed by atoms with Crippen LogP contribution in [0.2, 0.25) is 0 Å². The summed E-state index contributed by atoms with van der Waals surface area (Å²) in [6.45, 7) is 4.64. The average molecular weight is 422 g/mol. The second-order valence-corrected chi connectivity index (χ2v) is 7.03. The van der Waals surface area contributed by atoms with Gasteiger partial charge in [0.25, 0.3) is 0 Å². The van der Waals surface area contributed by atoms with Crippen molar-refractivity contribution < 1.29 is 14.2 Å². The van der Waals surface area contributed by atoms with Crippen LogP contribution in [0.4, 0.5) is 5.82 Å². The molecular formula is C19H24BrN3O3. The zero-order valence-electron chi connectivity index (χ0n) is 15.4. The molecule has 7 heteroatoms. The summed E-state index contributed by atoms with van der Waals surface area (Å²) < 4.78 is 17.3. The Hall–Kier alpha value is -1.99. The van der Waals surface area contributed by atoms with E-state index in [1.165, 1.54) is 0 Å². The van der Waals surface area contributed by atoms with E-state index >= 15 is 0 Å². The lowest BCUT2D eigenvalue weighted by Gasteiger charge is -2.35. The Kier molecular flexibility index (Phi) is 6.21. The predicted octanol–water partition coefficient (Wildman–Crippen LogP) is 3.19. The summed E-state index contributed by atoms with van der Waals surface area (Å²) >= 11 is 3.43. The van der Waals surface area contributed by atoms with Gasteiger partial charge in [0.05, 0.1) is 21.3 Å². The molecule has 0 aliphatic carbocycles. The number of benzene rings is 1. The minimum Gasteiger partial charge on any atom is -0.496 e. The van der Waals surface area contributed by atoms with E-state index in [1.807, 2.05) is 24.4 Å². The largest absolute Gasteiger partial charge is 0.496 e. The first kappa shape index (κ1) is 18.8. The lowest BCUT2D eigenvalue weighted by Crippen LogP contribution is -2.46. The quantitative estimate of drug-likeness (QED) is 0.713. The number of halogens is 1. The van der Waals surface area contributed by atoms with Gasteiger partial charge in [0.2, 0.25) is 0 Å². The second kappa shape index (κ2) is 8.60. The molecule has 1 saturated heterocycles. The molecule has 140 valence electrons. The SMILES string of the molecule is COc1cc(OC)c(OC)cc1CN1CCN(c2ccc(Br)cn2)CC1. The first-order valence-electron chi connectivity index (χ1n) is 8.52. The Morgan fingerprint density at radius 3 is 2.15 bits per heavy atom. The van der Waals surface area contributed by atoms with Gasteiger partial charge in [0.15, 0.2) is 11.5 Å². The second-order valence-electron chi connectivity index (χ2n) is 6.12. The molecular weight excluding hydrogens is 398 g/mol. The van der Waals surface area contributed by atoms with E-state index in [0.717, 1.165) is 60.1 Å². The number of rotatable bonds is 6. The van der Waals surface area contributed by atoms with Gasteiger partial charge in [-0.1, -0.05) is 0 Å². The highest BCUT2D eigenvalue weighted by Gasteiger charge is 2.20. The van der Waals surface area contributed by atoms with Gasteiger partial charge >= 0.3 is 0 Å². The lowest BCUT2D eigenvalue weighted by molar-refractivity contribution is 0.244. The molecule has 2 aromatic rings. The highest BCUT2D eigenvalue weighted by Crippen LogP contribution is 2.35. The molecule has 2 heterocycles. The number of ether oxygens (including phenoxy) is 3. The summed E-state index contributed by atoms with van der Waals surface area (Å²) in [7, 11) is 4.96. The molecule has 0 atom stereocenters. The Balaban J connectivity index is 1.66. The molecule has 0 N–H and O–H groups in total. The molecule has 1 aromatic carbocycles. The van der Waals surface area contributed by atoms with Crippen molar-refractivity contribution in [2.75, 3.05) is 52.4 Å². The minimum absolute atomic E-state index is 0.680. The summed E-state index contributed by atoms with van der Waals surface area (Å²) in [6.07, 6.45) is 1.84. The van der Waals surface area contributed by atoms with Crippen molar-refractivity contribution >= 4 is 21.7 Å². The summed E-state index contributed by atoms with van der Waals surface area (Å²) in [5.74, 6) is 3.25. The molecule has 0 bridgehead atoms. The number of aromatic nitrogens is 1. The van der Waals surface area contributed by atoms with Crippen LogP contribution in [0.1, 0.15) is 5.56 Å². The van der Waals surface area contributed by atoms with Gasteiger partial charge in [0.1, 0.15) is 11.6 Å². The summed E-state index contributed by atoms with van der Waals surface area (Å²) in [4.78, 5) is 9.22. The maximum atomic E-state index is 5.54. The molecule has 1 aliphatic rings. The summed E-state index contributed by atoms with van der Waals surface area (Å²) in [5.41, 5.74) is 1.10. The average Bonchev–Trinajstić information content (AvgIpc) is 2.69. The maximum Gasteiger partial charge on any atom is 0.164 e. The number of hydrogen-bond acceptors (Lipinski definition) is 6. The van der Waals surface area contributed by atoms with E-state index in [4.69, 9.17) is 14.2 Å². The van der Waals surface area contributed by atoms with Gasteiger partial charge in [-0.3, -0.25) is 4.90 Å². The van der Waals surface area contributed by atoms with E-state index in [9.17, 15) is 0 Å². The van der Waals surface area contributed by atoms with E-state index < -0.39 is 0 Å². The first-order valence-corrected chi connectivity index (χ1v) is 9.31. The van der Waals surface area contributed by atoms with Crippen LogP contribution in [0.5, 0.6) is 17.2 Å². The summed E-state index contributed by atoms with van der Waals surface area (Å²) in [5, 5.41) is 0. The highest BCUT2D eigenvalue weighted by atomic mass is 79.9. The van der Waals surface area contributed by atoms with Crippen LogP contribution in [-0.4, -0.2) is 57.4 Å². The molecule has 0 saturated carbocycles. The molecule has 6 nitrogen and oxygen atoms in total. The van der Waals surface area contributed by atoms with Crippen LogP contribution >= 0.6 is 15.9 Å². The summed E-state index contributed by atoms with van der Waals surface area (Å²) in [6, 6.07) is 7.97. The molecule has 0 unspecified atom stereocenters. The fraction of sp³-hybridized carbons (Fsp3) is 0.421. The van der Waals surface area contributed by atoms with Gasteiger partial charge in [-0.05, 0) is 34.1 Å². The van der Waals surface area contributed by atoms with Crippen molar-refractivity contribution in [2.24, 2.45) is 0 Å². The zero-order valence-corrected chi connectivity index (χ0v) is 17.0. The van der Waals surface area contributed by atoms with E-state index in [2.05, 4.69) is 36.8 Å². The number of piperazine rings is 1. The van der Waals surface area contributed by atoms with Crippen LogP contribution in [0.3, 0.4) is 0 Å². The topological polar surface area (TPSA) is 47.1 Å². The smallest absolute Gasteiger partial charge is 0.164 e. The molecule has 1 aliphatic heterocycles. The fourth-order valence-electron chi connectivity index (χ4n) is 3.15. The molecule has 0 spiro atoms. The fourth-order valence-corrected chi connectivity index (χ4v) is 3.38. The number of nitrogens with zero attached hydrogens (tertiary/aromatic N) is 3. The monoisotopic (exact) mass is 421 g/mol. The molecule has 0 radical (unpaired) electrons. The molecule has 0 amide bonds. The van der Waals surface area contributed by atoms with E-state index in [-0.39, 0.29) is 0 Å². The number of pyridine rings is 1. The van der Waals surface area contributed by atoms with Crippen LogP contribution in [0.15, 0.2) is 34.9 Å². The van der Waals surface area contributed by atoms with Crippen LogP contribution < -0.4 is 19.1 Å². The number of methoxy groups -OCH3 is 3. The van der Waals surface area contributed by atoms with E-state index in [0.29, 0.717) is 5.75 Å². The Morgan fingerprint density at radius 1 is 0.923 bits per heavy atom. The van der Waals surface area contributed by atoms with Gasteiger partial charge < -0.3 is 19.1 Å². The Labute approximate surface area is 162 Å². The van der Waals surface area contributed by atoms with Gasteiger partial charge in [-0.25, -0.2) is 4.98 Å². The maximum absolute atomic E-state index is 5.54. The molecule has 1 fully saturated rings. The predicted molar refractivity (Wildman–Crippen MR) is 106 cm³/mol. The van der Waals surface area contributed by atoms with Crippen molar-refractivity contribution in [3.63, 3.8) is 0 Å². The van der Waals surface area contributed by atoms with Crippen LogP contribution in [0, 0.1) is 0 Å². The Bertz CT molecular complexity index is 732.